The molecular formula is C26H19F3N4O2. The Bertz CT molecular complexity index is 1530. The first-order chi connectivity index (χ1) is 16.8. The summed E-state index contributed by atoms with van der Waals surface area (Å²) in [5, 5.41) is 6.93. The highest BCUT2D eigenvalue weighted by Gasteiger charge is 2.39. The van der Waals surface area contributed by atoms with Gasteiger partial charge in [0.25, 0.3) is 0 Å². The van der Waals surface area contributed by atoms with Gasteiger partial charge >= 0.3 is 6.18 Å². The molecule has 0 fully saturated rings. The zero-order valence-electron chi connectivity index (χ0n) is 18.5. The third kappa shape index (κ3) is 4.28. The third-order valence-corrected chi connectivity index (χ3v) is 5.57. The van der Waals surface area contributed by atoms with E-state index in [1.54, 1.807) is 78.9 Å². The Labute approximate surface area is 198 Å². The van der Waals surface area contributed by atoms with E-state index in [9.17, 15) is 18.0 Å². The topological polar surface area (TPSA) is 69.0 Å². The fraction of sp³-hybridized carbons (Fsp3) is 0.115. The minimum absolute atomic E-state index is 0.0141. The number of nitrogens with zero attached hydrogens (tertiary/aromatic N) is 3. The lowest BCUT2D eigenvalue weighted by Gasteiger charge is -2.11. The molecule has 5 rings (SSSR count). The number of benzene rings is 3. The summed E-state index contributed by atoms with van der Waals surface area (Å²) in [6, 6.07) is 22.4. The van der Waals surface area contributed by atoms with Crippen molar-refractivity contribution in [2.24, 2.45) is 0 Å². The Morgan fingerprint density at radius 2 is 1.66 bits per heavy atom. The number of amides is 1. The largest absolute Gasteiger partial charge is 0.497 e. The number of anilines is 1. The van der Waals surface area contributed by atoms with Crippen molar-refractivity contribution in [1.82, 2.24) is 14.8 Å². The van der Waals surface area contributed by atoms with Crippen LogP contribution in [0.3, 0.4) is 0 Å². The highest BCUT2D eigenvalue weighted by atomic mass is 19.4. The van der Waals surface area contributed by atoms with Crippen molar-refractivity contribution < 1.29 is 22.7 Å². The molecule has 2 aromatic heterocycles. The Balaban J connectivity index is 1.66. The van der Waals surface area contributed by atoms with Crippen LogP contribution in [0.1, 0.15) is 5.69 Å². The Morgan fingerprint density at radius 3 is 2.34 bits per heavy atom. The maximum atomic E-state index is 14.2. The molecule has 2 heterocycles. The molecule has 1 amide bonds. The average Bonchev–Trinajstić information content (AvgIpc) is 3.21. The Kier molecular flexibility index (Phi) is 5.60. The molecule has 0 aliphatic heterocycles. The first kappa shape index (κ1) is 22.4. The molecule has 9 heteroatoms. The number of carbonyl (C=O) groups is 1. The van der Waals surface area contributed by atoms with E-state index in [0.29, 0.717) is 33.5 Å². The standard InChI is InChI=1S/C26H19F3N4O2/c1-35-18-13-11-17(12-14-18)30-21(34)15-33-25-23(24(32-33)26(27,28)29)22(16-7-3-2-4-8-16)19-9-5-6-10-20(19)31-25/h2-14H,15H2,1H3,(H,30,34). The average molecular weight is 476 g/mol. The monoisotopic (exact) mass is 476 g/mol. The van der Waals surface area contributed by atoms with Gasteiger partial charge in [0.05, 0.1) is 18.0 Å². The van der Waals surface area contributed by atoms with Crippen molar-refractivity contribution in [3.63, 3.8) is 0 Å². The second kappa shape index (κ2) is 8.75. The predicted molar refractivity (Wildman–Crippen MR) is 127 cm³/mol. The van der Waals surface area contributed by atoms with Crippen molar-refractivity contribution in [2.75, 3.05) is 12.4 Å². The number of fused-ring (bicyclic) bond motifs is 2. The van der Waals surface area contributed by atoms with Gasteiger partial charge < -0.3 is 10.1 Å². The normalized spacial score (nSPS) is 11.7. The van der Waals surface area contributed by atoms with E-state index in [0.717, 1.165) is 4.68 Å². The first-order valence-electron chi connectivity index (χ1n) is 10.7. The number of para-hydroxylation sites is 1. The lowest BCUT2D eigenvalue weighted by atomic mass is 9.97. The van der Waals surface area contributed by atoms with Gasteiger partial charge in [0.1, 0.15) is 12.3 Å². The van der Waals surface area contributed by atoms with E-state index >= 15 is 0 Å². The van der Waals surface area contributed by atoms with Crippen molar-refractivity contribution >= 4 is 33.5 Å². The number of aromatic nitrogens is 3. The molecule has 176 valence electrons. The number of hydrogen-bond acceptors (Lipinski definition) is 4. The molecule has 0 unspecified atom stereocenters. The number of methoxy groups -OCH3 is 1. The second-order valence-corrected chi connectivity index (χ2v) is 7.85. The molecule has 3 aromatic carbocycles. The Hall–Kier alpha value is -4.40. The minimum Gasteiger partial charge on any atom is -0.497 e. The van der Waals surface area contributed by atoms with Crippen LogP contribution in [-0.4, -0.2) is 27.8 Å². The molecule has 35 heavy (non-hydrogen) atoms. The summed E-state index contributed by atoms with van der Waals surface area (Å²) in [4.78, 5) is 17.2. The van der Waals surface area contributed by atoms with E-state index in [1.165, 1.54) is 7.11 Å². The van der Waals surface area contributed by atoms with Crippen molar-refractivity contribution in [3.8, 4) is 16.9 Å². The van der Waals surface area contributed by atoms with Crippen molar-refractivity contribution in [1.29, 1.82) is 0 Å². The minimum atomic E-state index is -4.75. The highest BCUT2D eigenvalue weighted by Crippen LogP contribution is 2.41. The van der Waals surface area contributed by atoms with Gasteiger partial charge in [-0.1, -0.05) is 48.5 Å². The molecule has 6 nitrogen and oxygen atoms in total. The molecule has 0 saturated carbocycles. The van der Waals surface area contributed by atoms with Gasteiger partial charge in [-0.15, -0.1) is 0 Å². The van der Waals surface area contributed by atoms with Crippen LogP contribution in [0.4, 0.5) is 18.9 Å². The summed E-state index contributed by atoms with van der Waals surface area (Å²) < 4.78 is 48.6. The van der Waals surface area contributed by atoms with Gasteiger partial charge in [-0.25, -0.2) is 9.67 Å². The van der Waals surface area contributed by atoms with E-state index in [4.69, 9.17) is 4.74 Å². The zero-order chi connectivity index (χ0) is 24.6. The number of halogens is 3. The highest BCUT2D eigenvalue weighted by molar-refractivity contribution is 6.10. The molecule has 0 saturated heterocycles. The molecule has 0 aliphatic carbocycles. The number of nitrogens with one attached hydrogen (secondary N) is 1. The van der Waals surface area contributed by atoms with Crippen molar-refractivity contribution in [3.05, 3.63) is 84.6 Å². The molecule has 0 bridgehead atoms. The predicted octanol–water partition coefficient (Wildman–Crippen LogP) is 5.92. The summed E-state index contributed by atoms with van der Waals surface area (Å²) in [5.41, 5.74) is 0.863. The van der Waals surface area contributed by atoms with Crippen LogP contribution in [0.25, 0.3) is 33.1 Å². The van der Waals surface area contributed by atoms with Gasteiger partial charge in [-0.05, 0) is 35.9 Å². The van der Waals surface area contributed by atoms with Crippen LogP contribution in [0.5, 0.6) is 5.75 Å². The number of ether oxygens (including phenoxy) is 1. The fourth-order valence-corrected chi connectivity index (χ4v) is 4.05. The van der Waals surface area contributed by atoms with E-state index in [2.05, 4.69) is 15.4 Å². The SMILES string of the molecule is COc1ccc(NC(=O)Cn2nc(C(F)(F)F)c3c(-c4ccccc4)c4ccccc4nc32)cc1. The van der Waals surface area contributed by atoms with E-state index in [1.807, 2.05) is 0 Å². The molecule has 0 aliphatic rings. The lowest BCUT2D eigenvalue weighted by Crippen LogP contribution is -2.20. The van der Waals surface area contributed by atoms with Crippen LogP contribution < -0.4 is 10.1 Å². The van der Waals surface area contributed by atoms with E-state index in [-0.39, 0.29) is 11.0 Å². The molecular weight excluding hydrogens is 457 g/mol. The molecule has 0 atom stereocenters. The summed E-state index contributed by atoms with van der Waals surface area (Å²) in [7, 11) is 1.52. The Morgan fingerprint density at radius 1 is 0.971 bits per heavy atom. The maximum absolute atomic E-state index is 14.2. The van der Waals surface area contributed by atoms with Gasteiger partial charge in [0.2, 0.25) is 5.91 Å². The van der Waals surface area contributed by atoms with Gasteiger partial charge in [0, 0.05) is 16.6 Å². The number of hydrogen-bond donors (Lipinski definition) is 1. The quantitative estimate of drug-likeness (QED) is 0.342. The van der Waals surface area contributed by atoms with Crippen molar-refractivity contribution in [2.45, 2.75) is 12.7 Å². The maximum Gasteiger partial charge on any atom is 0.435 e. The fourth-order valence-electron chi connectivity index (χ4n) is 4.05. The zero-order valence-corrected chi connectivity index (χ0v) is 18.5. The van der Waals surface area contributed by atoms with Gasteiger partial charge in [-0.3, -0.25) is 4.79 Å². The summed E-state index contributed by atoms with van der Waals surface area (Å²) >= 11 is 0. The lowest BCUT2D eigenvalue weighted by molar-refractivity contribution is -0.140. The van der Waals surface area contributed by atoms with Crippen LogP contribution in [-0.2, 0) is 17.5 Å². The third-order valence-electron chi connectivity index (χ3n) is 5.57. The molecule has 0 radical (unpaired) electrons. The number of carbonyl (C=O) groups excluding carboxylic acids is 1. The summed E-state index contributed by atoms with van der Waals surface area (Å²) in [6.45, 7) is -0.446. The summed E-state index contributed by atoms with van der Waals surface area (Å²) in [6.07, 6.45) is -4.75. The number of pyridine rings is 1. The first-order valence-corrected chi connectivity index (χ1v) is 10.7. The van der Waals surface area contributed by atoms with Crippen LogP contribution in [0.15, 0.2) is 78.9 Å². The number of alkyl halides is 3. The van der Waals surface area contributed by atoms with Gasteiger partial charge in [0.15, 0.2) is 11.3 Å². The summed E-state index contributed by atoms with van der Waals surface area (Å²) in [5.74, 6) is 0.0740. The van der Waals surface area contributed by atoms with Crippen LogP contribution in [0, 0.1) is 0 Å². The smallest absolute Gasteiger partial charge is 0.435 e. The number of rotatable bonds is 5. The molecule has 0 spiro atoms. The second-order valence-electron chi connectivity index (χ2n) is 7.85. The van der Waals surface area contributed by atoms with E-state index < -0.39 is 24.3 Å². The molecule has 5 aromatic rings. The molecule has 1 N–H and O–H groups in total. The van der Waals surface area contributed by atoms with Crippen LogP contribution >= 0.6 is 0 Å². The van der Waals surface area contributed by atoms with Gasteiger partial charge in [-0.2, -0.15) is 18.3 Å². The van der Waals surface area contributed by atoms with Crippen LogP contribution in [0.2, 0.25) is 0 Å².